The molecule has 3 N–H and O–H groups in total. The van der Waals surface area contributed by atoms with Gasteiger partial charge in [-0.3, -0.25) is 9.59 Å². The van der Waals surface area contributed by atoms with Crippen molar-refractivity contribution in [2.24, 2.45) is 5.73 Å². The molecule has 1 aromatic carbocycles. The minimum absolute atomic E-state index is 0.121. The number of nitrogens with zero attached hydrogens (tertiary/aromatic N) is 1. The highest BCUT2D eigenvalue weighted by Gasteiger charge is 2.43. The molecule has 3 heterocycles. The molecule has 0 aliphatic carbocycles. The monoisotopic (exact) mass is 313 g/mol. The van der Waals surface area contributed by atoms with Crippen LogP contribution in [0.15, 0.2) is 35.7 Å². The Morgan fingerprint density at radius 2 is 2.14 bits per heavy atom. The number of nitrogens with two attached hydrogens (primary N) is 1. The molecule has 2 unspecified atom stereocenters. The van der Waals surface area contributed by atoms with Gasteiger partial charge in [-0.1, -0.05) is 12.1 Å². The number of nitrogens with one attached hydrogen (secondary N) is 1. The van der Waals surface area contributed by atoms with Crippen LogP contribution in [0.5, 0.6) is 0 Å². The molecule has 5 nitrogen and oxygen atoms in total. The average Bonchev–Trinajstić information content (AvgIpc) is 3.14. The standard InChI is InChI=1S/C16H15N3O2S/c17-11-5-6-19-14(11)15(20)18-12-4-3-9(8-10(12)16(19)21)13-2-1-7-22-13/h1-4,7-8,11,14H,5-6,17H2,(H,18,20). The molecule has 0 spiro atoms. The van der Waals surface area contributed by atoms with Gasteiger partial charge in [-0.2, -0.15) is 0 Å². The summed E-state index contributed by atoms with van der Waals surface area (Å²) < 4.78 is 0. The van der Waals surface area contributed by atoms with Gasteiger partial charge in [0.2, 0.25) is 5.91 Å². The molecule has 0 radical (unpaired) electrons. The number of hydrogen-bond acceptors (Lipinski definition) is 4. The first-order chi connectivity index (χ1) is 10.6. The predicted molar refractivity (Wildman–Crippen MR) is 85.8 cm³/mol. The van der Waals surface area contributed by atoms with Crippen LogP contribution in [0.2, 0.25) is 0 Å². The van der Waals surface area contributed by atoms with E-state index in [0.717, 1.165) is 10.4 Å². The Labute approximate surface area is 131 Å². The van der Waals surface area contributed by atoms with Crippen molar-refractivity contribution < 1.29 is 9.59 Å². The molecular formula is C16H15N3O2S. The highest BCUT2D eigenvalue weighted by Crippen LogP contribution is 2.33. The zero-order valence-electron chi connectivity index (χ0n) is 11.8. The van der Waals surface area contributed by atoms with Crippen molar-refractivity contribution in [3.63, 3.8) is 0 Å². The van der Waals surface area contributed by atoms with Crippen LogP contribution >= 0.6 is 11.3 Å². The van der Waals surface area contributed by atoms with E-state index in [0.29, 0.717) is 24.2 Å². The zero-order valence-corrected chi connectivity index (χ0v) is 12.6. The fourth-order valence-corrected chi connectivity index (χ4v) is 3.89. The van der Waals surface area contributed by atoms with Crippen molar-refractivity contribution in [3.05, 3.63) is 41.3 Å². The fraction of sp³-hybridized carbons (Fsp3) is 0.250. The van der Waals surface area contributed by atoms with Gasteiger partial charge in [-0.05, 0) is 35.6 Å². The second-order valence-corrected chi connectivity index (χ2v) is 6.57. The zero-order chi connectivity index (χ0) is 15.3. The van der Waals surface area contributed by atoms with Gasteiger partial charge in [0, 0.05) is 17.5 Å². The van der Waals surface area contributed by atoms with Crippen LogP contribution in [0.25, 0.3) is 10.4 Å². The van der Waals surface area contributed by atoms with Gasteiger partial charge in [-0.25, -0.2) is 0 Å². The van der Waals surface area contributed by atoms with E-state index < -0.39 is 6.04 Å². The Morgan fingerprint density at radius 3 is 2.91 bits per heavy atom. The van der Waals surface area contributed by atoms with Gasteiger partial charge < -0.3 is 16.0 Å². The third kappa shape index (κ3) is 1.95. The number of thiophene rings is 1. The lowest BCUT2D eigenvalue weighted by Crippen LogP contribution is -2.48. The first kappa shape index (κ1) is 13.5. The van der Waals surface area contributed by atoms with Gasteiger partial charge in [0.05, 0.1) is 11.3 Å². The summed E-state index contributed by atoms with van der Waals surface area (Å²) in [5.41, 5.74) is 8.09. The number of benzene rings is 1. The second-order valence-electron chi connectivity index (χ2n) is 5.62. The summed E-state index contributed by atoms with van der Waals surface area (Å²) in [5.74, 6) is -0.314. The summed E-state index contributed by atoms with van der Waals surface area (Å²) in [7, 11) is 0. The van der Waals surface area contributed by atoms with E-state index in [1.807, 2.05) is 29.6 Å². The Kier molecular flexibility index (Phi) is 3.02. The van der Waals surface area contributed by atoms with E-state index in [1.165, 1.54) is 0 Å². The van der Waals surface area contributed by atoms with Gasteiger partial charge >= 0.3 is 0 Å². The molecule has 0 bridgehead atoms. The smallest absolute Gasteiger partial charge is 0.256 e. The summed E-state index contributed by atoms with van der Waals surface area (Å²) in [4.78, 5) is 27.9. The molecule has 6 heteroatoms. The number of rotatable bonds is 1. The Morgan fingerprint density at radius 1 is 1.27 bits per heavy atom. The maximum atomic E-state index is 12.8. The fourth-order valence-electron chi connectivity index (χ4n) is 3.17. The summed E-state index contributed by atoms with van der Waals surface area (Å²) in [6, 6.07) is 8.71. The molecule has 1 aromatic heterocycles. The van der Waals surface area contributed by atoms with Crippen LogP contribution in [0, 0.1) is 0 Å². The first-order valence-corrected chi connectivity index (χ1v) is 8.08. The molecule has 2 aliphatic rings. The highest BCUT2D eigenvalue weighted by atomic mass is 32.1. The number of carbonyl (C=O) groups is 2. The molecule has 0 saturated carbocycles. The molecule has 2 amide bonds. The Balaban J connectivity index is 1.81. The van der Waals surface area contributed by atoms with E-state index >= 15 is 0 Å². The van der Waals surface area contributed by atoms with Crippen molar-refractivity contribution in [3.8, 4) is 10.4 Å². The van der Waals surface area contributed by atoms with Crippen molar-refractivity contribution >= 4 is 28.8 Å². The second kappa shape index (κ2) is 4.93. The molecule has 112 valence electrons. The topological polar surface area (TPSA) is 75.4 Å². The van der Waals surface area contributed by atoms with Crippen molar-refractivity contribution in [2.75, 3.05) is 11.9 Å². The molecule has 1 saturated heterocycles. The minimum atomic E-state index is -0.565. The minimum Gasteiger partial charge on any atom is -0.325 e. The van der Waals surface area contributed by atoms with Crippen molar-refractivity contribution in [1.29, 1.82) is 0 Å². The average molecular weight is 313 g/mol. The first-order valence-electron chi connectivity index (χ1n) is 7.20. The third-order valence-corrected chi connectivity index (χ3v) is 5.21. The maximum absolute atomic E-state index is 12.8. The molecular weight excluding hydrogens is 298 g/mol. The predicted octanol–water partition coefficient (Wildman–Crippen LogP) is 1.91. The Bertz CT molecular complexity index is 757. The van der Waals surface area contributed by atoms with Gasteiger partial charge in [0.15, 0.2) is 0 Å². The van der Waals surface area contributed by atoms with Crippen LogP contribution in [-0.2, 0) is 4.79 Å². The number of hydrogen-bond donors (Lipinski definition) is 2. The van der Waals surface area contributed by atoms with Crippen molar-refractivity contribution in [2.45, 2.75) is 18.5 Å². The van der Waals surface area contributed by atoms with Crippen LogP contribution in [0.1, 0.15) is 16.8 Å². The van der Waals surface area contributed by atoms with E-state index in [1.54, 1.807) is 22.3 Å². The molecule has 2 atom stereocenters. The maximum Gasteiger partial charge on any atom is 0.256 e. The number of carbonyl (C=O) groups excluding carboxylic acids is 2. The van der Waals surface area contributed by atoms with E-state index in [9.17, 15) is 9.59 Å². The van der Waals surface area contributed by atoms with Crippen LogP contribution in [0.3, 0.4) is 0 Å². The number of anilines is 1. The number of fused-ring (bicyclic) bond motifs is 2. The SMILES string of the molecule is NC1CCN2C(=O)c3cc(-c4cccs4)ccc3NC(=O)C12. The lowest BCUT2D eigenvalue weighted by atomic mass is 10.1. The Hall–Kier alpha value is -2.18. The molecule has 4 rings (SSSR count). The molecule has 1 fully saturated rings. The lowest BCUT2D eigenvalue weighted by Gasteiger charge is -2.22. The van der Waals surface area contributed by atoms with E-state index in [-0.39, 0.29) is 17.9 Å². The van der Waals surface area contributed by atoms with Gasteiger partial charge in [-0.15, -0.1) is 11.3 Å². The van der Waals surface area contributed by atoms with Crippen LogP contribution in [-0.4, -0.2) is 35.3 Å². The van der Waals surface area contributed by atoms with Crippen molar-refractivity contribution in [1.82, 2.24) is 4.90 Å². The number of amides is 2. The summed E-state index contributed by atoms with van der Waals surface area (Å²) in [6.07, 6.45) is 0.657. The van der Waals surface area contributed by atoms with Crippen LogP contribution in [0.4, 0.5) is 5.69 Å². The van der Waals surface area contributed by atoms with Gasteiger partial charge in [0.25, 0.3) is 5.91 Å². The summed E-state index contributed by atoms with van der Waals surface area (Å²) >= 11 is 1.62. The highest BCUT2D eigenvalue weighted by molar-refractivity contribution is 7.13. The molecule has 22 heavy (non-hydrogen) atoms. The normalized spacial score (nSPS) is 23.8. The quantitative estimate of drug-likeness (QED) is 0.844. The van der Waals surface area contributed by atoms with E-state index in [4.69, 9.17) is 5.73 Å². The molecule has 2 aliphatic heterocycles. The van der Waals surface area contributed by atoms with E-state index in [2.05, 4.69) is 5.32 Å². The largest absolute Gasteiger partial charge is 0.325 e. The summed E-state index contributed by atoms with van der Waals surface area (Å²) in [6.45, 7) is 0.529. The van der Waals surface area contributed by atoms with Gasteiger partial charge in [0.1, 0.15) is 6.04 Å². The third-order valence-electron chi connectivity index (χ3n) is 4.29. The summed E-state index contributed by atoms with van der Waals surface area (Å²) in [5, 5.41) is 4.85. The van der Waals surface area contributed by atoms with Crippen LogP contribution < -0.4 is 11.1 Å². The lowest BCUT2D eigenvalue weighted by molar-refractivity contribution is -0.119. The molecule has 2 aromatic rings.